The van der Waals surface area contributed by atoms with Crippen LogP contribution >= 0.6 is 11.6 Å². The molecule has 7 nitrogen and oxygen atoms in total. The van der Waals surface area contributed by atoms with E-state index in [0.29, 0.717) is 5.69 Å². The Bertz CT molecular complexity index is 645. The second kappa shape index (κ2) is 7.28. The highest BCUT2D eigenvalue weighted by Crippen LogP contribution is 2.26. The van der Waals surface area contributed by atoms with Crippen LogP contribution < -0.4 is 10.0 Å². The molecule has 116 valence electrons. The molecule has 0 unspecified atom stereocenters. The summed E-state index contributed by atoms with van der Waals surface area (Å²) in [4.78, 5) is 21.9. The number of carboxylic acids is 1. The van der Waals surface area contributed by atoms with Gasteiger partial charge in [0.15, 0.2) is 0 Å². The van der Waals surface area contributed by atoms with Crippen molar-refractivity contribution in [3.05, 3.63) is 23.2 Å². The highest BCUT2D eigenvalue weighted by molar-refractivity contribution is 7.92. The number of sulfonamides is 1. The Morgan fingerprint density at radius 3 is 2.48 bits per heavy atom. The normalized spacial score (nSPS) is 11.0. The average molecular weight is 335 g/mol. The molecule has 0 spiro atoms. The van der Waals surface area contributed by atoms with Crippen LogP contribution in [0.4, 0.5) is 11.4 Å². The summed E-state index contributed by atoms with van der Waals surface area (Å²) in [5.74, 6) is -1.29. The Morgan fingerprint density at radius 2 is 1.95 bits per heavy atom. The Labute approximate surface area is 127 Å². The van der Waals surface area contributed by atoms with Gasteiger partial charge in [0.1, 0.15) is 0 Å². The van der Waals surface area contributed by atoms with Gasteiger partial charge in [0, 0.05) is 18.5 Å². The predicted molar refractivity (Wildman–Crippen MR) is 80.0 cm³/mol. The molecule has 1 amide bonds. The molecule has 1 aromatic rings. The fourth-order valence-corrected chi connectivity index (χ4v) is 2.36. The predicted octanol–water partition coefficient (Wildman–Crippen LogP) is 1.90. The van der Waals surface area contributed by atoms with E-state index in [0.717, 1.165) is 6.26 Å². The molecule has 0 fully saturated rings. The number of carbonyl (C=O) groups excluding carboxylic acids is 1. The fraction of sp³-hybridized carbons (Fsp3) is 0.333. The maximum atomic E-state index is 11.6. The number of benzene rings is 1. The van der Waals surface area contributed by atoms with Gasteiger partial charge in [0.05, 0.1) is 17.0 Å². The van der Waals surface area contributed by atoms with Gasteiger partial charge >= 0.3 is 5.97 Å². The summed E-state index contributed by atoms with van der Waals surface area (Å²) in [6, 6.07) is 4.33. The average Bonchev–Trinajstić information content (AvgIpc) is 2.30. The van der Waals surface area contributed by atoms with Crippen molar-refractivity contribution >= 4 is 44.9 Å². The number of aliphatic carboxylic acids is 1. The molecule has 0 atom stereocenters. The Morgan fingerprint density at radius 1 is 1.29 bits per heavy atom. The van der Waals surface area contributed by atoms with E-state index in [1.54, 1.807) is 0 Å². The SMILES string of the molecule is CS(=O)(=O)Nc1ccc(NC(=O)CCCC(=O)O)cc1Cl. The first-order valence-electron chi connectivity index (χ1n) is 5.96. The molecule has 1 rings (SSSR count). The van der Waals surface area contributed by atoms with Crippen molar-refractivity contribution in [1.82, 2.24) is 0 Å². The number of nitrogens with one attached hydrogen (secondary N) is 2. The molecule has 0 radical (unpaired) electrons. The largest absolute Gasteiger partial charge is 0.481 e. The van der Waals surface area contributed by atoms with Crippen molar-refractivity contribution in [2.24, 2.45) is 0 Å². The minimum Gasteiger partial charge on any atom is -0.481 e. The quantitative estimate of drug-likeness (QED) is 0.705. The van der Waals surface area contributed by atoms with E-state index in [4.69, 9.17) is 16.7 Å². The zero-order valence-electron chi connectivity index (χ0n) is 11.2. The second-order valence-corrected chi connectivity index (χ2v) is 6.52. The zero-order valence-corrected chi connectivity index (χ0v) is 12.8. The number of amides is 1. The van der Waals surface area contributed by atoms with Gasteiger partial charge in [-0.1, -0.05) is 11.6 Å². The maximum Gasteiger partial charge on any atom is 0.303 e. The van der Waals surface area contributed by atoms with Crippen molar-refractivity contribution in [3.8, 4) is 0 Å². The van der Waals surface area contributed by atoms with Crippen LogP contribution in [-0.4, -0.2) is 31.7 Å². The molecular weight excluding hydrogens is 320 g/mol. The van der Waals surface area contributed by atoms with Gasteiger partial charge in [-0.2, -0.15) is 0 Å². The van der Waals surface area contributed by atoms with Crippen molar-refractivity contribution in [3.63, 3.8) is 0 Å². The lowest BCUT2D eigenvalue weighted by molar-refractivity contribution is -0.137. The third-order valence-electron chi connectivity index (χ3n) is 2.34. The van der Waals surface area contributed by atoms with E-state index in [9.17, 15) is 18.0 Å². The maximum absolute atomic E-state index is 11.6. The van der Waals surface area contributed by atoms with E-state index in [1.807, 2.05) is 0 Å². The Balaban J connectivity index is 2.63. The van der Waals surface area contributed by atoms with Gasteiger partial charge in [0.25, 0.3) is 0 Å². The van der Waals surface area contributed by atoms with Gasteiger partial charge in [-0.25, -0.2) is 8.42 Å². The minimum absolute atomic E-state index is 0.0766. The topological polar surface area (TPSA) is 113 Å². The van der Waals surface area contributed by atoms with E-state index in [1.165, 1.54) is 18.2 Å². The monoisotopic (exact) mass is 334 g/mol. The number of rotatable bonds is 7. The third-order valence-corrected chi connectivity index (χ3v) is 3.25. The molecule has 0 saturated carbocycles. The first kappa shape index (κ1) is 17.3. The third kappa shape index (κ3) is 6.96. The molecule has 0 saturated heterocycles. The number of carbonyl (C=O) groups is 2. The fourth-order valence-electron chi connectivity index (χ4n) is 1.50. The number of carboxylic acid groups (broad SMARTS) is 1. The summed E-state index contributed by atoms with van der Waals surface area (Å²) >= 11 is 5.91. The lowest BCUT2D eigenvalue weighted by atomic mass is 10.2. The Kier molecular flexibility index (Phi) is 5.98. The van der Waals surface area contributed by atoms with Crippen LogP contribution in [0.1, 0.15) is 19.3 Å². The first-order valence-corrected chi connectivity index (χ1v) is 8.23. The van der Waals surface area contributed by atoms with Gasteiger partial charge < -0.3 is 10.4 Å². The molecule has 0 heterocycles. The lowest BCUT2D eigenvalue weighted by Crippen LogP contribution is -2.13. The van der Waals surface area contributed by atoms with Crippen LogP contribution in [-0.2, 0) is 19.6 Å². The second-order valence-electron chi connectivity index (χ2n) is 4.36. The van der Waals surface area contributed by atoms with Crippen LogP contribution in [0.5, 0.6) is 0 Å². The highest BCUT2D eigenvalue weighted by atomic mass is 35.5. The van der Waals surface area contributed by atoms with Gasteiger partial charge in [0.2, 0.25) is 15.9 Å². The summed E-state index contributed by atoms with van der Waals surface area (Å²) in [5.41, 5.74) is 0.613. The molecule has 21 heavy (non-hydrogen) atoms. The molecule has 1 aromatic carbocycles. The van der Waals surface area contributed by atoms with Crippen LogP contribution in [0, 0.1) is 0 Å². The van der Waals surface area contributed by atoms with Gasteiger partial charge in [-0.15, -0.1) is 0 Å². The van der Waals surface area contributed by atoms with Crippen LogP contribution in [0.2, 0.25) is 5.02 Å². The van der Waals surface area contributed by atoms with E-state index in [2.05, 4.69) is 10.0 Å². The summed E-state index contributed by atoms with van der Waals surface area (Å²) in [6.07, 6.45) is 1.24. The standard InChI is InChI=1S/C12H15ClN2O5S/c1-21(19,20)15-10-6-5-8(7-9(10)13)14-11(16)3-2-4-12(17)18/h5-7,15H,2-4H2,1H3,(H,14,16)(H,17,18). The van der Waals surface area contributed by atoms with Crippen LogP contribution in [0.15, 0.2) is 18.2 Å². The van der Waals surface area contributed by atoms with Crippen molar-refractivity contribution in [2.45, 2.75) is 19.3 Å². The molecule has 0 bridgehead atoms. The summed E-state index contributed by atoms with van der Waals surface area (Å²) in [6.45, 7) is 0. The van der Waals surface area contributed by atoms with Crippen molar-refractivity contribution < 1.29 is 23.1 Å². The molecule has 3 N–H and O–H groups in total. The van der Waals surface area contributed by atoms with Crippen LogP contribution in [0.25, 0.3) is 0 Å². The molecule has 0 aliphatic heterocycles. The number of hydrogen-bond donors (Lipinski definition) is 3. The minimum atomic E-state index is -3.43. The number of halogens is 1. The van der Waals surface area contributed by atoms with E-state index < -0.39 is 16.0 Å². The van der Waals surface area contributed by atoms with Crippen LogP contribution in [0.3, 0.4) is 0 Å². The van der Waals surface area contributed by atoms with Gasteiger partial charge in [-0.05, 0) is 24.6 Å². The van der Waals surface area contributed by atoms with Crippen molar-refractivity contribution in [2.75, 3.05) is 16.3 Å². The summed E-state index contributed by atoms with van der Waals surface area (Å²) in [5, 5.41) is 11.2. The number of anilines is 2. The number of hydrogen-bond acceptors (Lipinski definition) is 4. The lowest BCUT2D eigenvalue weighted by Gasteiger charge is -2.09. The first-order chi connectivity index (χ1) is 9.67. The summed E-state index contributed by atoms with van der Waals surface area (Å²) in [7, 11) is -3.43. The van der Waals surface area contributed by atoms with Crippen molar-refractivity contribution in [1.29, 1.82) is 0 Å². The van der Waals surface area contributed by atoms with E-state index >= 15 is 0 Å². The highest BCUT2D eigenvalue weighted by Gasteiger charge is 2.09. The summed E-state index contributed by atoms with van der Waals surface area (Å²) < 4.78 is 24.4. The molecule has 9 heteroatoms. The molecule has 0 aromatic heterocycles. The molecule has 0 aliphatic rings. The smallest absolute Gasteiger partial charge is 0.303 e. The molecule has 0 aliphatic carbocycles. The molecular formula is C12H15ClN2O5S. The zero-order chi connectivity index (χ0) is 16.0. The Hall–Kier alpha value is -1.80. The van der Waals surface area contributed by atoms with E-state index in [-0.39, 0.29) is 35.9 Å². The van der Waals surface area contributed by atoms with Gasteiger partial charge in [-0.3, -0.25) is 14.3 Å².